The predicted molar refractivity (Wildman–Crippen MR) is 156 cm³/mol. The lowest BCUT2D eigenvalue weighted by Gasteiger charge is -2.36. The first-order chi connectivity index (χ1) is 20.8. The van der Waals surface area contributed by atoms with E-state index in [-0.39, 0.29) is 23.4 Å². The fraction of sp³-hybridized carbons (Fsp3) is 0.161. The zero-order valence-corrected chi connectivity index (χ0v) is 22.2. The minimum absolute atomic E-state index is 0.178. The number of aromatic nitrogens is 3. The third-order valence-electron chi connectivity index (χ3n) is 8.29. The second-order valence-electron chi connectivity index (χ2n) is 10.7. The molecule has 3 amide bonds. The molecule has 0 bridgehead atoms. The van der Waals surface area contributed by atoms with E-state index in [0.29, 0.717) is 49.3 Å². The smallest absolute Gasteiger partial charge is 0.274 e. The molecular formula is C31H23N5O7. The number of imide groups is 1. The van der Waals surface area contributed by atoms with Crippen molar-refractivity contribution in [3.05, 3.63) is 83.7 Å². The number of aliphatic hydroxyl groups is 3. The van der Waals surface area contributed by atoms with Gasteiger partial charge in [-0.2, -0.15) is 0 Å². The quantitative estimate of drug-likeness (QED) is 0.174. The summed E-state index contributed by atoms with van der Waals surface area (Å²) in [5.74, 6) is -1.56. The van der Waals surface area contributed by atoms with E-state index in [2.05, 4.69) is 20.6 Å². The number of hydrogen-bond donors (Lipinski definition) is 6. The van der Waals surface area contributed by atoms with Crippen LogP contribution < -0.4 is 10.6 Å². The average molecular weight is 578 g/mol. The minimum atomic E-state index is -1.51. The fourth-order valence-corrected chi connectivity index (χ4v) is 6.42. The Morgan fingerprint density at radius 2 is 1.63 bits per heavy atom. The van der Waals surface area contributed by atoms with Gasteiger partial charge in [-0.25, -0.2) is 0 Å². The van der Waals surface area contributed by atoms with Gasteiger partial charge in [0.15, 0.2) is 6.23 Å². The Balaban J connectivity index is 1.49. The minimum Gasteiger partial charge on any atom is -0.388 e. The van der Waals surface area contributed by atoms with Crippen molar-refractivity contribution in [2.75, 3.05) is 11.9 Å². The van der Waals surface area contributed by atoms with Crippen molar-refractivity contribution >= 4 is 67.0 Å². The maximum Gasteiger partial charge on any atom is 0.274 e. The Morgan fingerprint density at radius 3 is 2.42 bits per heavy atom. The molecule has 6 aromatic rings. The highest BCUT2D eigenvalue weighted by atomic mass is 16.5. The van der Waals surface area contributed by atoms with Gasteiger partial charge in [0.25, 0.3) is 17.7 Å². The molecule has 2 aliphatic rings. The molecule has 6 N–H and O–H groups in total. The summed E-state index contributed by atoms with van der Waals surface area (Å²) < 4.78 is 7.59. The number of nitrogens with one attached hydrogen (secondary N) is 3. The van der Waals surface area contributed by atoms with Crippen molar-refractivity contribution in [2.24, 2.45) is 0 Å². The molecule has 1 fully saturated rings. The van der Waals surface area contributed by atoms with Crippen LogP contribution in [0, 0.1) is 0 Å². The highest BCUT2D eigenvalue weighted by molar-refractivity contribution is 6.39. The van der Waals surface area contributed by atoms with Gasteiger partial charge in [-0.3, -0.25) is 24.7 Å². The van der Waals surface area contributed by atoms with Gasteiger partial charge < -0.3 is 34.9 Å². The Hall–Kier alpha value is -5.14. The maximum absolute atomic E-state index is 13.4. The molecule has 5 heterocycles. The van der Waals surface area contributed by atoms with Crippen LogP contribution in [0.1, 0.15) is 37.4 Å². The molecule has 1 saturated heterocycles. The van der Waals surface area contributed by atoms with Crippen LogP contribution in [0.5, 0.6) is 0 Å². The molecule has 12 nitrogen and oxygen atoms in total. The zero-order valence-electron chi connectivity index (χ0n) is 22.2. The van der Waals surface area contributed by atoms with Crippen LogP contribution in [0.25, 0.3) is 43.6 Å². The molecule has 0 unspecified atom stereocenters. The van der Waals surface area contributed by atoms with Gasteiger partial charge in [0.1, 0.15) is 24.0 Å². The molecule has 0 saturated carbocycles. The van der Waals surface area contributed by atoms with Crippen LogP contribution in [-0.2, 0) is 4.74 Å². The Kier molecular flexibility index (Phi) is 5.46. The second kappa shape index (κ2) is 9.18. The number of H-pyrrole nitrogens is 1. The lowest BCUT2D eigenvalue weighted by molar-refractivity contribution is -0.208. The van der Waals surface area contributed by atoms with Gasteiger partial charge in [0, 0.05) is 27.7 Å². The maximum atomic E-state index is 13.4. The number of nitrogens with zero attached hydrogens (tertiary/aromatic N) is 2. The number of hydrogen-bond acceptors (Lipinski definition) is 8. The van der Waals surface area contributed by atoms with Crippen molar-refractivity contribution in [3.63, 3.8) is 0 Å². The third-order valence-corrected chi connectivity index (χ3v) is 8.29. The Labute approximate surface area is 241 Å². The van der Waals surface area contributed by atoms with Crippen molar-refractivity contribution in [2.45, 2.75) is 24.5 Å². The molecule has 8 rings (SSSR count). The first kappa shape index (κ1) is 25.6. The Bertz CT molecular complexity index is 2170. The van der Waals surface area contributed by atoms with Crippen molar-refractivity contribution in [1.29, 1.82) is 0 Å². The molecule has 12 heteroatoms. The van der Waals surface area contributed by atoms with Crippen LogP contribution in [0.15, 0.2) is 66.9 Å². The molecule has 2 aliphatic heterocycles. The number of carbonyl (C=O) groups is 3. The highest BCUT2D eigenvalue weighted by Crippen LogP contribution is 2.46. The normalized spacial score (nSPS) is 22.0. The molecule has 43 heavy (non-hydrogen) atoms. The van der Waals surface area contributed by atoms with Crippen molar-refractivity contribution < 1.29 is 34.4 Å². The van der Waals surface area contributed by atoms with E-state index in [1.807, 2.05) is 0 Å². The molecule has 3 aromatic heterocycles. The number of benzene rings is 3. The number of aromatic amines is 1. The second-order valence-corrected chi connectivity index (χ2v) is 10.7. The number of carbonyl (C=O) groups excluding carboxylic acids is 3. The van der Waals surface area contributed by atoms with Crippen LogP contribution in [0.2, 0.25) is 0 Å². The van der Waals surface area contributed by atoms with Crippen LogP contribution >= 0.6 is 0 Å². The van der Waals surface area contributed by atoms with E-state index in [1.54, 1.807) is 65.2 Å². The average Bonchev–Trinajstić information content (AvgIpc) is 3.66. The van der Waals surface area contributed by atoms with Crippen LogP contribution in [-0.4, -0.2) is 72.5 Å². The molecular weight excluding hydrogens is 554 g/mol. The largest absolute Gasteiger partial charge is 0.388 e. The van der Waals surface area contributed by atoms with E-state index < -0.39 is 42.3 Å². The molecule has 0 spiro atoms. The molecule has 3 aromatic carbocycles. The van der Waals surface area contributed by atoms with Crippen molar-refractivity contribution in [3.8, 4) is 0 Å². The third kappa shape index (κ3) is 3.52. The van der Waals surface area contributed by atoms with E-state index >= 15 is 0 Å². The number of fused-ring (bicyclic) bond motifs is 10. The summed E-state index contributed by atoms with van der Waals surface area (Å²) in [5.41, 5.74) is 2.99. The number of aliphatic hydroxyl groups excluding tert-OH is 3. The van der Waals surface area contributed by atoms with Gasteiger partial charge in [-0.15, -0.1) is 0 Å². The summed E-state index contributed by atoms with van der Waals surface area (Å²) in [4.78, 5) is 47.3. The topological polar surface area (TPSA) is 179 Å². The van der Waals surface area contributed by atoms with Gasteiger partial charge in [0.2, 0.25) is 0 Å². The monoisotopic (exact) mass is 577 g/mol. The number of amides is 3. The lowest BCUT2D eigenvalue weighted by Crippen LogP contribution is -2.50. The van der Waals surface area contributed by atoms with E-state index in [1.165, 1.54) is 6.20 Å². The van der Waals surface area contributed by atoms with Crippen LogP contribution in [0.3, 0.4) is 0 Å². The number of para-hydroxylation sites is 2. The summed E-state index contributed by atoms with van der Waals surface area (Å²) in [6.45, 7) is -0.236. The van der Waals surface area contributed by atoms with Gasteiger partial charge >= 0.3 is 0 Å². The first-order valence-corrected chi connectivity index (χ1v) is 13.6. The van der Waals surface area contributed by atoms with E-state index in [4.69, 9.17) is 4.74 Å². The Morgan fingerprint density at radius 1 is 0.884 bits per heavy atom. The number of rotatable bonds is 3. The predicted octanol–water partition coefficient (Wildman–Crippen LogP) is 2.57. The molecule has 0 aliphatic carbocycles. The number of ether oxygens (including phenoxy) is 1. The van der Waals surface area contributed by atoms with Gasteiger partial charge in [0.05, 0.1) is 45.5 Å². The standard InChI is InChI=1S/C31H23N5O7/c37-18-12-43-31(27(39)26(18)38)36-17-10-2-1-6-13(17)20-22-21(29(41)35-30(22)42)19-14-7-5-9-15(23(14)34-24(19)25(20)36)33-28(40)16-8-3-4-11-32-16/h1-11,18,26-27,31,34,37-39H,12H2,(H,33,40)(H,35,41,42)/t18-,26+,27-,31-/m1/s1. The SMILES string of the molecule is O=C(Nc1cccc2c1[nH]c1c2c2c(c3c4ccccc4n([C@@H]4OC[C@@H](O)[C@H](O)[C@H]4O)c13)C(=O)NC2=O)c1ccccn1. The van der Waals surface area contributed by atoms with E-state index in [0.717, 1.165) is 0 Å². The summed E-state index contributed by atoms with van der Waals surface area (Å²) in [7, 11) is 0. The van der Waals surface area contributed by atoms with Crippen molar-refractivity contribution in [1.82, 2.24) is 19.9 Å². The van der Waals surface area contributed by atoms with Gasteiger partial charge in [-0.1, -0.05) is 36.4 Å². The van der Waals surface area contributed by atoms with E-state index in [9.17, 15) is 29.7 Å². The van der Waals surface area contributed by atoms with Crippen LogP contribution in [0.4, 0.5) is 5.69 Å². The summed E-state index contributed by atoms with van der Waals surface area (Å²) in [6.07, 6.45) is -3.91. The summed E-state index contributed by atoms with van der Waals surface area (Å²) in [5, 5.41) is 39.3. The molecule has 214 valence electrons. The molecule has 0 radical (unpaired) electrons. The number of anilines is 1. The molecule has 4 atom stereocenters. The fourth-order valence-electron chi connectivity index (χ4n) is 6.42. The highest BCUT2D eigenvalue weighted by Gasteiger charge is 2.42. The number of pyridine rings is 1. The van der Waals surface area contributed by atoms with Gasteiger partial charge in [-0.05, 0) is 24.3 Å². The summed E-state index contributed by atoms with van der Waals surface area (Å²) in [6, 6.07) is 17.4. The summed E-state index contributed by atoms with van der Waals surface area (Å²) >= 11 is 0. The first-order valence-electron chi connectivity index (χ1n) is 13.6. The lowest BCUT2D eigenvalue weighted by atomic mass is 9.96. The zero-order chi connectivity index (χ0) is 29.6.